The van der Waals surface area contributed by atoms with Gasteiger partial charge in [-0.25, -0.2) is 0 Å². The summed E-state index contributed by atoms with van der Waals surface area (Å²) in [6.07, 6.45) is 10.3. The SMILES string of the molecule is CCNC(=NCCCN1CCCCCC1=O)NC1CCCC1.I. The van der Waals surface area contributed by atoms with Crippen LogP contribution in [0, 0.1) is 0 Å². The summed E-state index contributed by atoms with van der Waals surface area (Å²) in [6, 6.07) is 0.588. The normalized spacial score (nSPS) is 20.1. The van der Waals surface area contributed by atoms with Crippen molar-refractivity contribution in [2.24, 2.45) is 4.99 Å². The van der Waals surface area contributed by atoms with Crippen LogP contribution < -0.4 is 10.6 Å². The summed E-state index contributed by atoms with van der Waals surface area (Å²) in [5, 5.41) is 6.86. The molecule has 0 aromatic heterocycles. The topological polar surface area (TPSA) is 56.7 Å². The van der Waals surface area contributed by atoms with E-state index in [2.05, 4.69) is 22.5 Å². The lowest BCUT2D eigenvalue weighted by Crippen LogP contribution is -2.42. The van der Waals surface area contributed by atoms with E-state index in [0.29, 0.717) is 11.9 Å². The van der Waals surface area contributed by atoms with Gasteiger partial charge in [-0.15, -0.1) is 24.0 Å². The second kappa shape index (κ2) is 11.9. The van der Waals surface area contributed by atoms with Gasteiger partial charge in [0.25, 0.3) is 0 Å². The molecule has 0 atom stereocenters. The first-order chi connectivity index (χ1) is 10.8. The van der Waals surface area contributed by atoms with Crippen LogP contribution in [-0.2, 0) is 4.79 Å². The van der Waals surface area contributed by atoms with Gasteiger partial charge >= 0.3 is 0 Å². The van der Waals surface area contributed by atoms with Crippen LogP contribution in [0.25, 0.3) is 0 Å². The standard InChI is InChI=1S/C17H32N4O.HI/c1-2-18-17(20-15-9-5-6-10-15)19-12-8-14-21-13-7-3-4-11-16(21)22;/h15H,2-14H2,1H3,(H2,18,19,20);1H. The molecule has 1 saturated carbocycles. The Morgan fingerprint density at radius 3 is 2.74 bits per heavy atom. The maximum Gasteiger partial charge on any atom is 0.222 e. The Kier molecular flexibility index (Phi) is 10.6. The fraction of sp³-hybridized carbons (Fsp3) is 0.882. The Balaban J connectivity index is 0.00000264. The van der Waals surface area contributed by atoms with E-state index in [-0.39, 0.29) is 24.0 Å². The average molecular weight is 436 g/mol. The van der Waals surface area contributed by atoms with Gasteiger partial charge in [0.1, 0.15) is 0 Å². The minimum atomic E-state index is 0. The molecular formula is C17H33IN4O. The molecule has 2 rings (SSSR count). The Morgan fingerprint density at radius 2 is 2.00 bits per heavy atom. The van der Waals surface area contributed by atoms with E-state index in [1.807, 2.05) is 4.90 Å². The number of rotatable bonds is 6. The van der Waals surface area contributed by atoms with Gasteiger partial charge in [-0.05, 0) is 39.0 Å². The number of carbonyl (C=O) groups is 1. The minimum absolute atomic E-state index is 0. The summed E-state index contributed by atoms with van der Waals surface area (Å²) in [6.45, 7) is 5.56. The summed E-state index contributed by atoms with van der Waals surface area (Å²) in [7, 11) is 0. The molecule has 1 amide bonds. The van der Waals surface area contributed by atoms with E-state index < -0.39 is 0 Å². The summed E-state index contributed by atoms with van der Waals surface area (Å²) < 4.78 is 0. The number of carbonyl (C=O) groups excluding carboxylic acids is 1. The van der Waals surface area contributed by atoms with E-state index in [1.165, 1.54) is 32.1 Å². The van der Waals surface area contributed by atoms with Crippen LogP contribution in [0.2, 0.25) is 0 Å². The molecule has 23 heavy (non-hydrogen) atoms. The number of aliphatic imine (C=N–C) groups is 1. The predicted octanol–water partition coefficient (Wildman–Crippen LogP) is 2.89. The van der Waals surface area contributed by atoms with Gasteiger partial charge in [0, 0.05) is 38.6 Å². The molecule has 1 heterocycles. The van der Waals surface area contributed by atoms with Crippen LogP contribution >= 0.6 is 24.0 Å². The third-order valence-electron chi connectivity index (χ3n) is 4.57. The molecule has 2 aliphatic rings. The number of amides is 1. The van der Waals surface area contributed by atoms with Crippen molar-refractivity contribution < 1.29 is 4.79 Å². The van der Waals surface area contributed by atoms with Gasteiger partial charge in [0.15, 0.2) is 5.96 Å². The zero-order valence-corrected chi connectivity index (χ0v) is 16.8. The third-order valence-corrected chi connectivity index (χ3v) is 4.57. The first-order valence-corrected chi connectivity index (χ1v) is 9.12. The van der Waals surface area contributed by atoms with Gasteiger partial charge in [-0.1, -0.05) is 19.3 Å². The van der Waals surface area contributed by atoms with Crippen molar-refractivity contribution in [3.63, 3.8) is 0 Å². The molecule has 0 aromatic rings. The highest BCUT2D eigenvalue weighted by Crippen LogP contribution is 2.17. The Bertz CT molecular complexity index is 370. The van der Waals surface area contributed by atoms with Gasteiger partial charge in [-0.3, -0.25) is 9.79 Å². The highest BCUT2D eigenvalue weighted by Gasteiger charge is 2.17. The maximum atomic E-state index is 11.9. The van der Waals surface area contributed by atoms with Crippen LogP contribution in [0.15, 0.2) is 4.99 Å². The van der Waals surface area contributed by atoms with Gasteiger partial charge in [-0.2, -0.15) is 0 Å². The Morgan fingerprint density at radius 1 is 1.22 bits per heavy atom. The van der Waals surface area contributed by atoms with Gasteiger partial charge in [0.2, 0.25) is 5.91 Å². The second-order valence-electron chi connectivity index (χ2n) is 6.43. The first-order valence-electron chi connectivity index (χ1n) is 9.12. The third kappa shape index (κ3) is 7.72. The molecule has 0 spiro atoms. The number of halogens is 1. The zero-order chi connectivity index (χ0) is 15.6. The minimum Gasteiger partial charge on any atom is -0.357 e. The van der Waals surface area contributed by atoms with E-state index in [1.54, 1.807) is 0 Å². The van der Waals surface area contributed by atoms with Crippen LogP contribution in [0.1, 0.15) is 64.7 Å². The van der Waals surface area contributed by atoms with Crippen molar-refractivity contribution in [1.29, 1.82) is 0 Å². The molecule has 1 aliphatic heterocycles. The fourth-order valence-electron chi connectivity index (χ4n) is 3.31. The van der Waals surface area contributed by atoms with E-state index >= 15 is 0 Å². The number of guanidine groups is 1. The number of nitrogens with zero attached hydrogens (tertiary/aromatic N) is 2. The molecule has 6 heteroatoms. The summed E-state index contributed by atoms with van der Waals surface area (Å²) in [4.78, 5) is 18.6. The monoisotopic (exact) mass is 436 g/mol. The lowest BCUT2D eigenvalue weighted by Gasteiger charge is -2.20. The van der Waals surface area contributed by atoms with Crippen LogP contribution in [0.5, 0.6) is 0 Å². The van der Waals surface area contributed by atoms with Gasteiger partial charge < -0.3 is 15.5 Å². The molecule has 2 N–H and O–H groups in total. The Labute approximate surface area is 158 Å². The molecule has 0 bridgehead atoms. The van der Waals surface area contributed by atoms with Crippen LogP contribution in [0.3, 0.4) is 0 Å². The first kappa shape index (κ1) is 20.5. The average Bonchev–Trinajstić information content (AvgIpc) is 2.93. The van der Waals surface area contributed by atoms with Crippen molar-refractivity contribution in [1.82, 2.24) is 15.5 Å². The summed E-state index contributed by atoms with van der Waals surface area (Å²) in [5.74, 6) is 1.27. The number of likely N-dealkylation sites (tertiary alicyclic amines) is 1. The molecule has 134 valence electrons. The molecule has 1 saturated heterocycles. The predicted molar refractivity (Wildman–Crippen MR) is 106 cm³/mol. The van der Waals surface area contributed by atoms with E-state index in [0.717, 1.165) is 57.8 Å². The molecule has 2 fully saturated rings. The maximum absolute atomic E-state index is 11.9. The molecule has 0 unspecified atom stereocenters. The van der Waals surface area contributed by atoms with E-state index in [4.69, 9.17) is 0 Å². The van der Waals surface area contributed by atoms with Crippen molar-refractivity contribution in [3.8, 4) is 0 Å². The number of hydrogen-bond acceptors (Lipinski definition) is 2. The van der Waals surface area contributed by atoms with E-state index in [9.17, 15) is 4.79 Å². The van der Waals surface area contributed by atoms with Crippen LogP contribution in [0.4, 0.5) is 0 Å². The molecule has 5 nitrogen and oxygen atoms in total. The van der Waals surface area contributed by atoms with Gasteiger partial charge in [0.05, 0.1) is 0 Å². The highest BCUT2D eigenvalue weighted by molar-refractivity contribution is 14.0. The number of nitrogens with one attached hydrogen (secondary N) is 2. The molecule has 0 radical (unpaired) electrons. The lowest BCUT2D eigenvalue weighted by atomic mass is 10.2. The van der Waals surface area contributed by atoms with Crippen molar-refractivity contribution in [2.45, 2.75) is 70.8 Å². The van der Waals surface area contributed by atoms with Crippen molar-refractivity contribution in [2.75, 3.05) is 26.2 Å². The fourth-order valence-corrected chi connectivity index (χ4v) is 3.31. The lowest BCUT2D eigenvalue weighted by molar-refractivity contribution is -0.130. The number of hydrogen-bond donors (Lipinski definition) is 2. The largest absolute Gasteiger partial charge is 0.357 e. The highest BCUT2D eigenvalue weighted by atomic mass is 127. The van der Waals surface area contributed by atoms with Crippen molar-refractivity contribution in [3.05, 3.63) is 0 Å². The quantitative estimate of drug-likeness (QED) is 0.292. The Hall–Kier alpha value is -0.530. The molecule has 0 aromatic carbocycles. The smallest absolute Gasteiger partial charge is 0.222 e. The molecule has 1 aliphatic carbocycles. The summed E-state index contributed by atoms with van der Waals surface area (Å²) in [5.41, 5.74) is 0. The summed E-state index contributed by atoms with van der Waals surface area (Å²) >= 11 is 0. The van der Waals surface area contributed by atoms with Crippen LogP contribution in [-0.4, -0.2) is 49.0 Å². The molecular weight excluding hydrogens is 403 g/mol. The second-order valence-corrected chi connectivity index (χ2v) is 6.43. The van der Waals surface area contributed by atoms with Crippen molar-refractivity contribution >= 4 is 35.8 Å². The zero-order valence-electron chi connectivity index (χ0n) is 14.5.